The molecule has 0 atom stereocenters. The first kappa shape index (κ1) is 16.2. The maximum atomic E-state index is 12.1. The molecular weight excluding hydrogens is 278 g/mol. The summed E-state index contributed by atoms with van der Waals surface area (Å²) in [4.78, 5) is 12.1. The SMILES string of the molecule is Cc1ccc(-n2nc(CNCC(C)C)c(O)cc2=O)cc1C. The Morgan fingerprint density at radius 2 is 1.95 bits per heavy atom. The lowest BCUT2D eigenvalue weighted by molar-refractivity contribution is 0.447. The van der Waals surface area contributed by atoms with Crippen LogP contribution in [0.3, 0.4) is 0 Å². The van der Waals surface area contributed by atoms with Crippen molar-refractivity contribution in [1.82, 2.24) is 15.1 Å². The molecule has 0 saturated carbocycles. The Labute approximate surface area is 130 Å². The highest BCUT2D eigenvalue weighted by Crippen LogP contribution is 2.15. The van der Waals surface area contributed by atoms with Crippen molar-refractivity contribution in [2.75, 3.05) is 6.54 Å². The van der Waals surface area contributed by atoms with Crippen molar-refractivity contribution in [2.45, 2.75) is 34.2 Å². The summed E-state index contributed by atoms with van der Waals surface area (Å²) in [6.45, 7) is 9.48. The van der Waals surface area contributed by atoms with Gasteiger partial charge >= 0.3 is 0 Å². The lowest BCUT2D eigenvalue weighted by Gasteiger charge is -2.12. The number of aryl methyl sites for hydroxylation is 2. The van der Waals surface area contributed by atoms with Gasteiger partial charge < -0.3 is 10.4 Å². The van der Waals surface area contributed by atoms with Crippen LogP contribution in [-0.2, 0) is 6.54 Å². The molecule has 0 aliphatic carbocycles. The van der Waals surface area contributed by atoms with Crippen LogP contribution in [0, 0.1) is 19.8 Å². The van der Waals surface area contributed by atoms with Gasteiger partial charge in [0.05, 0.1) is 5.69 Å². The summed E-state index contributed by atoms with van der Waals surface area (Å²) in [5.41, 5.74) is 3.10. The summed E-state index contributed by atoms with van der Waals surface area (Å²) in [6, 6.07) is 6.96. The summed E-state index contributed by atoms with van der Waals surface area (Å²) in [7, 11) is 0. The molecule has 0 aliphatic rings. The van der Waals surface area contributed by atoms with E-state index in [0.29, 0.717) is 23.8 Å². The van der Waals surface area contributed by atoms with Crippen molar-refractivity contribution in [1.29, 1.82) is 0 Å². The highest BCUT2D eigenvalue weighted by Gasteiger charge is 2.10. The van der Waals surface area contributed by atoms with Gasteiger partial charge in [-0.3, -0.25) is 4.79 Å². The summed E-state index contributed by atoms with van der Waals surface area (Å²) in [5, 5.41) is 17.4. The van der Waals surface area contributed by atoms with Crippen molar-refractivity contribution in [2.24, 2.45) is 5.92 Å². The minimum Gasteiger partial charge on any atom is -0.506 e. The monoisotopic (exact) mass is 301 g/mol. The van der Waals surface area contributed by atoms with Gasteiger partial charge in [0.25, 0.3) is 5.56 Å². The van der Waals surface area contributed by atoms with Crippen LogP contribution >= 0.6 is 0 Å². The first-order chi connectivity index (χ1) is 10.4. The molecule has 2 aromatic rings. The largest absolute Gasteiger partial charge is 0.506 e. The first-order valence-corrected chi connectivity index (χ1v) is 7.49. The highest BCUT2D eigenvalue weighted by molar-refractivity contribution is 5.39. The van der Waals surface area contributed by atoms with Gasteiger partial charge in [-0.2, -0.15) is 9.78 Å². The maximum Gasteiger partial charge on any atom is 0.275 e. The second-order valence-electron chi connectivity index (χ2n) is 6.02. The fourth-order valence-corrected chi connectivity index (χ4v) is 2.13. The van der Waals surface area contributed by atoms with Crippen LogP contribution in [0.15, 0.2) is 29.1 Å². The van der Waals surface area contributed by atoms with Crippen LogP contribution in [-0.4, -0.2) is 21.4 Å². The molecule has 5 nitrogen and oxygen atoms in total. The zero-order valence-electron chi connectivity index (χ0n) is 13.6. The third-order valence-electron chi connectivity index (χ3n) is 3.57. The summed E-state index contributed by atoms with van der Waals surface area (Å²) in [5.74, 6) is 0.439. The van der Waals surface area contributed by atoms with Gasteiger partial charge in [-0.25, -0.2) is 0 Å². The number of rotatable bonds is 5. The van der Waals surface area contributed by atoms with Crippen molar-refractivity contribution >= 4 is 0 Å². The zero-order valence-corrected chi connectivity index (χ0v) is 13.6. The van der Waals surface area contributed by atoms with E-state index in [-0.39, 0.29) is 11.3 Å². The lowest BCUT2D eigenvalue weighted by atomic mass is 10.1. The van der Waals surface area contributed by atoms with Crippen LogP contribution < -0.4 is 10.9 Å². The molecule has 0 radical (unpaired) electrons. The van der Waals surface area contributed by atoms with E-state index in [2.05, 4.69) is 24.3 Å². The number of aromatic hydroxyl groups is 1. The Hall–Kier alpha value is -2.14. The first-order valence-electron chi connectivity index (χ1n) is 7.49. The number of aromatic nitrogens is 2. The number of nitrogens with one attached hydrogen (secondary N) is 1. The van der Waals surface area contributed by atoms with E-state index >= 15 is 0 Å². The molecule has 1 heterocycles. The van der Waals surface area contributed by atoms with Crippen molar-refractivity contribution in [3.63, 3.8) is 0 Å². The van der Waals surface area contributed by atoms with Crippen LogP contribution in [0.25, 0.3) is 5.69 Å². The van der Waals surface area contributed by atoms with E-state index in [1.807, 2.05) is 32.0 Å². The van der Waals surface area contributed by atoms with Gasteiger partial charge in [0.15, 0.2) is 0 Å². The van der Waals surface area contributed by atoms with Gasteiger partial charge in [0, 0.05) is 12.6 Å². The van der Waals surface area contributed by atoms with Crippen molar-refractivity contribution < 1.29 is 5.11 Å². The molecule has 2 rings (SSSR count). The third kappa shape index (κ3) is 3.74. The lowest BCUT2D eigenvalue weighted by Crippen LogP contribution is -2.25. The molecule has 1 aromatic carbocycles. The van der Waals surface area contributed by atoms with Gasteiger partial charge in [-0.05, 0) is 49.6 Å². The second-order valence-corrected chi connectivity index (χ2v) is 6.02. The van der Waals surface area contributed by atoms with E-state index in [9.17, 15) is 9.90 Å². The summed E-state index contributed by atoms with van der Waals surface area (Å²) >= 11 is 0. The molecule has 0 bridgehead atoms. The maximum absolute atomic E-state index is 12.1. The number of hydrogen-bond acceptors (Lipinski definition) is 4. The Balaban J connectivity index is 2.35. The van der Waals surface area contributed by atoms with E-state index in [1.165, 1.54) is 10.7 Å². The van der Waals surface area contributed by atoms with Gasteiger partial charge in [-0.15, -0.1) is 0 Å². The molecular formula is C17H23N3O2. The van der Waals surface area contributed by atoms with Crippen LogP contribution in [0.5, 0.6) is 5.75 Å². The molecule has 5 heteroatoms. The number of hydrogen-bond donors (Lipinski definition) is 2. The minimum atomic E-state index is -0.339. The highest BCUT2D eigenvalue weighted by atomic mass is 16.3. The van der Waals surface area contributed by atoms with Gasteiger partial charge in [0.2, 0.25) is 0 Å². The Kier molecular flexibility index (Phi) is 4.98. The molecule has 0 spiro atoms. The van der Waals surface area contributed by atoms with Crippen molar-refractivity contribution in [3.8, 4) is 11.4 Å². The molecule has 1 aromatic heterocycles. The average Bonchev–Trinajstić information content (AvgIpc) is 2.44. The quantitative estimate of drug-likeness (QED) is 0.889. The van der Waals surface area contributed by atoms with E-state index in [4.69, 9.17) is 0 Å². The molecule has 0 amide bonds. The second kappa shape index (κ2) is 6.75. The summed E-state index contributed by atoms with van der Waals surface area (Å²) in [6.07, 6.45) is 0. The molecule has 118 valence electrons. The smallest absolute Gasteiger partial charge is 0.275 e. The van der Waals surface area contributed by atoms with Crippen molar-refractivity contribution in [3.05, 3.63) is 51.4 Å². The Bertz CT molecular complexity index is 720. The fourth-order valence-electron chi connectivity index (χ4n) is 2.13. The van der Waals surface area contributed by atoms with Crippen LogP contribution in [0.4, 0.5) is 0 Å². The molecule has 22 heavy (non-hydrogen) atoms. The van der Waals surface area contributed by atoms with Gasteiger partial charge in [-0.1, -0.05) is 19.9 Å². The number of benzene rings is 1. The van der Waals surface area contributed by atoms with Crippen LogP contribution in [0.1, 0.15) is 30.7 Å². The standard InChI is InChI=1S/C17H23N3O2/c1-11(2)9-18-10-15-16(21)8-17(22)20(19-15)14-6-5-12(3)13(4)7-14/h5-8,11,18,21H,9-10H2,1-4H3. The average molecular weight is 301 g/mol. The predicted molar refractivity (Wildman–Crippen MR) is 87.5 cm³/mol. The molecule has 0 unspecified atom stereocenters. The molecule has 0 fully saturated rings. The summed E-state index contributed by atoms with van der Waals surface area (Å²) < 4.78 is 1.33. The Morgan fingerprint density at radius 1 is 1.23 bits per heavy atom. The minimum absolute atomic E-state index is 0.0682. The normalized spacial score (nSPS) is 11.1. The predicted octanol–water partition coefficient (Wildman–Crippen LogP) is 2.30. The zero-order chi connectivity index (χ0) is 16.3. The molecule has 0 aliphatic heterocycles. The molecule has 0 saturated heterocycles. The topological polar surface area (TPSA) is 67.2 Å². The Morgan fingerprint density at radius 3 is 2.59 bits per heavy atom. The van der Waals surface area contributed by atoms with E-state index in [1.54, 1.807) is 0 Å². The van der Waals surface area contributed by atoms with E-state index < -0.39 is 0 Å². The number of nitrogens with zero attached hydrogens (tertiary/aromatic N) is 2. The third-order valence-corrected chi connectivity index (χ3v) is 3.57. The van der Waals surface area contributed by atoms with Gasteiger partial charge in [0.1, 0.15) is 11.4 Å². The van der Waals surface area contributed by atoms with Crippen LogP contribution in [0.2, 0.25) is 0 Å². The molecule has 2 N–H and O–H groups in total. The fraction of sp³-hybridized carbons (Fsp3) is 0.412. The van der Waals surface area contributed by atoms with E-state index in [0.717, 1.165) is 17.7 Å².